The highest BCUT2D eigenvalue weighted by molar-refractivity contribution is 5.94. The second kappa shape index (κ2) is 8.40. The average molecular weight is 392 g/mol. The monoisotopic (exact) mass is 392 g/mol. The van der Waals surface area contributed by atoms with Gasteiger partial charge in [-0.15, -0.1) is 0 Å². The van der Waals surface area contributed by atoms with Gasteiger partial charge in [-0.3, -0.25) is 4.79 Å². The number of carbonyl (C=O) groups excluding carboxylic acids is 1. The Morgan fingerprint density at radius 3 is 2.45 bits per heavy atom. The molecular weight excluding hydrogens is 368 g/mol. The number of aromatic nitrogens is 4. The molecule has 1 aliphatic heterocycles. The Bertz CT molecular complexity index is 947. The van der Waals surface area contributed by atoms with Crippen molar-refractivity contribution in [2.45, 2.75) is 32.6 Å². The molecule has 150 valence electrons. The smallest absolute Gasteiger partial charge is 0.254 e. The molecule has 8 heteroatoms. The minimum atomic E-state index is 0.0412. The minimum Gasteiger partial charge on any atom is -0.372 e. The van der Waals surface area contributed by atoms with Crippen LogP contribution in [0.4, 0.5) is 5.95 Å². The van der Waals surface area contributed by atoms with Crippen LogP contribution in [0.25, 0.3) is 5.69 Å². The maximum Gasteiger partial charge on any atom is 0.254 e. The number of hydrogen-bond acceptors (Lipinski definition) is 6. The molecule has 3 aromatic rings. The van der Waals surface area contributed by atoms with Gasteiger partial charge in [0.15, 0.2) is 0 Å². The van der Waals surface area contributed by atoms with Crippen LogP contribution in [0.2, 0.25) is 0 Å². The van der Waals surface area contributed by atoms with Gasteiger partial charge >= 0.3 is 0 Å². The molecule has 2 aromatic carbocycles. The Labute approximate surface area is 169 Å². The number of ether oxygens (including phenoxy) is 1. The van der Waals surface area contributed by atoms with Crippen molar-refractivity contribution < 1.29 is 9.53 Å². The van der Waals surface area contributed by atoms with Gasteiger partial charge < -0.3 is 15.0 Å². The van der Waals surface area contributed by atoms with Gasteiger partial charge in [0.25, 0.3) is 5.91 Å². The second-order valence-electron chi connectivity index (χ2n) is 7.27. The molecule has 1 aliphatic rings. The zero-order valence-corrected chi connectivity index (χ0v) is 16.5. The molecule has 1 saturated heterocycles. The fraction of sp³-hybridized carbons (Fsp3) is 0.333. The molecule has 1 N–H and O–H groups in total. The molecule has 1 fully saturated rings. The highest BCUT2D eigenvalue weighted by atomic mass is 16.5. The van der Waals surface area contributed by atoms with Crippen LogP contribution in [0, 0.1) is 0 Å². The molecule has 0 radical (unpaired) electrons. The van der Waals surface area contributed by atoms with Crippen molar-refractivity contribution in [2.24, 2.45) is 0 Å². The number of tetrazole rings is 1. The second-order valence-corrected chi connectivity index (χ2v) is 7.27. The predicted molar refractivity (Wildman–Crippen MR) is 109 cm³/mol. The van der Waals surface area contributed by atoms with E-state index in [1.165, 1.54) is 0 Å². The Morgan fingerprint density at radius 1 is 1.07 bits per heavy atom. The van der Waals surface area contributed by atoms with Crippen LogP contribution >= 0.6 is 0 Å². The van der Waals surface area contributed by atoms with Crippen molar-refractivity contribution >= 4 is 11.9 Å². The largest absolute Gasteiger partial charge is 0.372 e. The third-order valence-electron chi connectivity index (χ3n) is 4.83. The summed E-state index contributed by atoms with van der Waals surface area (Å²) in [5.41, 5.74) is 2.60. The molecule has 2 atom stereocenters. The van der Waals surface area contributed by atoms with Gasteiger partial charge in [-0.05, 0) is 54.1 Å². The molecule has 0 saturated carbocycles. The number of amides is 1. The van der Waals surface area contributed by atoms with Crippen molar-refractivity contribution in [3.05, 3.63) is 65.7 Å². The van der Waals surface area contributed by atoms with E-state index in [2.05, 4.69) is 20.8 Å². The van der Waals surface area contributed by atoms with Gasteiger partial charge in [0.05, 0.1) is 17.9 Å². The Kier molecular flexibility index (Phi) is 5.53. The zero-order valence-electron chi connectivity index (χ0n) is 16.5. The van der Waals surface area contributed by atoms with Gasteiger partial charge in [-0.25, -0.2) is 0 Å². The molecule has 0 spiro atoms. The van der Waals surface area contributed by atoms with Gasteiger partial charge in [-0.2, -0.15) is 4.68 Å². The first-order valence-corrected chi connectivity index (χ1v) is 9.71. The molecule has 4 rings (SSSR count). The van der Waals surface area contributed by atoms with Crippen LogP contribution in [0.3, 0.4) is 0 Å². The van der Waals surface area contributed by atoms with E-state index in [1.807, 2.05) is 73.3 Å². The Balaban J connectivity index is 1.40. The molecule has 0 aliphatic carbocycles. The number of para-hydroxylation sites is 1. The molecule has 1 aromatic heterocycles. The number of carbonyl (C=O) groups is 1. The number of hydrogen-bond donors (Lipinski definition) is 1. The quantitative estimate of drug-likeness (QED) is 0.718. The summed E-state index contributed by atoms with van der Waals surface area (Å²) in [5.74, 6) is 0.604. The van der Waals surface area contributed by atoms with Gasteiger partial charge in [0.2, 0.25) is 5.95 Å². The number of nitrogens with zero attached hydrogens (tertiary/aromatic N) is 5. The maximum atomic E-state index is 12.8. The third-order valence-corrected chi connectivity index (χ3v) is 4.83. The highest BCUT2D eigenvalue weighted by Crippen LogP contribution is 2.16. The summed E-state index contributed by atoms with van der Waals surface area (Å²) < 4.78 is 7.36. The fourth-order valence-corrected chi connectivity index (χ4v) is 3.51. The van der Waals surface area contributed by atoms with E-state index < -0.39 is 0 Å². The van der Waals surface area contributed by atoms with Crippen molar-refractivity contribution in [1.29, 1.82) is 0 Å². The summed E-state index contributed by atoms with van der Waals surface area (Å²) in [6.45, 7) is 5.78. The summed E-state index contributed by atoms with van der Waals surface area (Å²) >= 11 is 0. The van der Waals surface area contributed by atoms with Gasteiger partial charge in [0, 0.05) is 25.2 Å². The van der Waals surface area contributed by atoms with Crippen LogP contribution in [0.15, 0.2) is 54.6 Å². The summed E-state index contributed by atoms with van der Waals surface area (Å²) in [5, 5.41) is 15.1. The van der Waals surface area contributed by atoms with Crippen LogP contribution in [-0.4, -0.2) is 56.3 Å². The highest BCUT2D eigenvalue weighted by Gasteiger charge is 2.26. The number of benzene rings is 2. The third kappa shape index (κ3) is 4.43. The average Bonchev–Trinajstić information content (AvgIpc) is 3.21. The molecule has 0 bridgehead atoms. The lowest BCUT2D eigenvalue weighted by atomic mass is 10.1. The number of anilines is 1. The van der Waals surface area contributed by atoms with Gasteiger partial charge in [0.1, 0.15) is 0 Å². The Hall–Kier alpha value is -3.26. The lowest BCUT2D eigenvalue weighted by Gasteiger charge is -2.35. The maximum absolute atomic E-state index is 12.8. The van der Waals surface area contributed by atoms with E-state index in [-0.39, 0.29) is 18.1 Å². The Morgan fingerprint density at radius 2 is 1.76 bits per heavy atom. The molecule has 8 nitrogen and oxygen atoms in total. The lowest BCUT2D eigenvalue weighted by Crippen LogP contribution is -2.48. The van der Waals surface area contributed by atoms with Crippen molar-refractivity contribution in [2.75, 3.05) is 18.4 Å². The first-order valence-electron chi connectivity index (χ1n) is 9.71. The minimum absolute atomic E-state index is 0.0412. The van der Waals surface area contributed by atoms with Gasteiger partial charge in [-0.1, -0.05) is 35.4 Å². The first kappa shape index (κ1) is 19.1. The SMILES string of the molecule is CC1CN(C(=O)c2ccc(CNc3nnnn3-c3ccccc3)cc2)CC(C)O1. The molecule has 29 heavy (non-hydrogen) atoms. The molecule has 2 unspecified atom stereocenters. The van der Waals surface area contributed by atoms with E-state index in [0.29, 0.717) is 31.1 Å². The van der Waals surface area contributed by atoms with E-state index in [9.17, 15) is 4.79 Å². The zero-order chi connectivity index (χ0) is 20.2. The van der Waals surface area contributed by atoms with E-state index in [4.69, 9.17) is 4.74 Å². The molecule has 2 heterocycles. The van der Waals surface area contributed by atoms with Crippen LogP contribution in [0.1, 0.15) is 29.8 Å². The normalized spacial score (nSPS) is 19.2. The molecular formula is C21H24N6O2. The van der Waals surface area contributed by atoms with Crippen LogP contribution in [-0.2, 0) is 11.3 Å². The predicted octanol–water partition coefficient (Wildman–Crippen LogP) is 2.52. The standard InChI is InChI=1S/C21H24N6O2/c1-15-13-26(14-16(2)29-15)20(28)18-10-8-17(9-11-18)12-22-21-23-24-25-27(21)19-6-4-3-5-7-19/h3-11,15-16H,12-14H2,1-2H3,(H,22,23,25). The van der Waals surface area contributed by atoms with Crippen molar-refractivity contribution in [1.82, 2.24) is 25.1 Å². The summed E-state index contributed by atoms with van der Waals surface area (Å²) in [7, 11) is 0. The number of rotatable bonds is 5. The first-order chi connectivity index (χ1) is 14.1. The van der Waals surface area contributed by atoms with E-state index >= 15 is 0 Å². The van der Waals surface area contributed by atoms with E-state index in [0.717, 1.165) is 11.3 Å². The van der Waals surface area contributed by atoms with Crippen LogP contribution < -0.4 is 5.32 Å². The fourth-order valence-electron chi connectivity index (χ4n) is 3.51. The topological polar surface area (TPSA) is 85.2 Å². The lowest BCUT2D eigenvalue weighted by molar-refractivity contribution is -0.0586. The van der Waals surface area contributed by atoms with Crippen LogP contribution in [0.5, 0.6) is 0 Å². The summed E-state index contributed by atoms with van der Waals surface area (Å²) in [6, 6.07) is 17.3. The number of nitrogens with one attached hydrogen (secondary N) is 1. The van der Waals surface area contributed by atoms with E-state index in [1.54, 1.807) is 4.68 Å². The van der Waals surface area contributed by atoms with Crippen molar-refractivity contribution in [3.63, 3.8) is 0 Å². The van der Waals surface area contributed by atoms with Crippen molar-refractivity contribution in [3.8, 4) is 5.69 Å². The molecule has 1 amide bonds. The number of morpholine rings is 1. The summed E-state index contributed by atoms with van der Waals surface area (Å²) in [4.78, 5) is 14.6. The summed E-state index contributed by atoms with van der Waals surface area (Å²) in [6.07, 6.45) is 0.114.